The molecule has 3 rings (SSSR count). The zero-order chi connectivity index (χ0) is 20.0. The first-order chi connectivity index (χ1) is 13.4. The fourth-order valence-corrected chi connectivity index (χ4v) is 4.02. The maximum absolute atomic E-state index is 12.0. The molecular weight excluding hydrogens is 356 g/mol. The van der Waals surface area contributed by atoms with Crippen molar-refractivity contribution in [3.05, 3.63) is 23.8 Å². The van der Waals surface area contributed by atoms with E-state index in [-0.39, 0.29) is 24.0 Å². The van der Waals surface area contributed by atoms with Crippen LogP contribution in [-0.2, 0) is 16.0 Å². The molecule has 1 aliphatic carbocycles. The Balaban J connectivity index is 1.32. The highest BCUT2D eigenvalue weighted by Gasteiger charge is 2.32. The first kappa shape index (κ1) is 20.5. The van der Waals surface area contributed by atoms with Gasteiger partial charge in [0.05, 0.1) is 13.1 Å². The second-order valence-corrected chi connectivity index (χ2v) is 8.47. The van der Waals surface area contributed by atoms with Crippen LogP contribution in [0.25, 0.3) is 0 Å². The molecule has 6 nitrogen and oxygen atoms in total. The normalized spacial score (nSPS) is 18.1. The van der Waals surface area contributed by atoms with Gasteiger partial charge in [-0.25, -0.2) is 0 Å². The van der Waals surface area contributed by atoms with Gasteiger partial charge in [-0.15, -0.1) is 0 Å². The predicted molar refractivity (Wildman–Crippen MR) is 108 cm³/mol. The smallest absolute Gasteiger partial charge is 0.239 e. The third kappa shape index (κ3) is 5.88. The van der Waals surface area contributed by atoms with Crippen LogP contribution in [0.5, 0.6) is 11.5 Å². The van der Waals surface area contributed by atoms with E-state index in [4.69, 9.17) is 9.47 Å². The van der Waals surface area contributed by atoms with Gasteiger partial charge in [-0.05, 0) is 38.7 Å². The molecule has 2 N–H and O–H groups in total. The molecule has 0 saturated heterocycles. The Kier molecular flexibility index (Phi) is 6.81. The first-order valence-corrected chi connectivity index (χ1v) is 10.4. The van der Waals surface area contributed by atoms with Gasteiger partial charge in [-0.1, -0.05) is 31.4 Å². The highest BCUT2D eigenvalue weighted by atomic mass is 16.5. The van der Waals surface area contributed by atoms with Crippen molar-refractivity contribution in [2.45, 2.75) is 64.4 Å². The number of para-hydroxylation sites is 1. The molecule has 1 heterocycles. The van der Waals surface area contributed by atoms with Crippen molar-refractivity contribution < 1.29 is 19.1 Å². The fourth-order valence-electron chi connectivity index (χ4n) is 4.02. The van der Waals surface area contributed by atoms with Gasteiger partial charge in [0.15, 0.2) is 11.5 Å². The molecule has 0 bridgehead atoms. The van der Waals surface area contributed by atoms with Crippen LogP contribution in [0.1, 0.15) is 57.9 Å². The molecular formula is C22H32N2O4. The quantitative estimate of drug-likeness (QED) is 0.671. The lowest BCUT2D eigenvalue weighted by atomic mass is 9.87. The Labute approximate surface area is 167 Å². The number of fused-ring (bicyclic) bond motifs is 1. The van der Waals surface area contributed by atoms with E-state index >= 15 is 0 Å². The zero-order valence-electron chi connectivity index (χ0n) is 17.0. The lowest BCUT2D eigenvalue weighted by molar-refractivity contribution is -0.126. The summed E-state index contributed by atoms with van der Waals surface area (Å²) >= 11 is 0. The fraction of sp³-hybridized carbons (Fsp3) is 0.636. The van der Waals surface area contributed by atoms with E-state index in [0.29, 0.717) is 31.2 Å². The van der Waals surface area contributed by atoms with Crippen LogP contribution in [-0.4, -0.2) is 37.1 Å². The second-order valence-electron chi connectivity index (χ2n) is 8.47. The summed E-state index contributed by atoms with van der Waals surface area (Å²) in [5.41, 5.74) is 0.929. The zero-order valence-corrected chi connectivity index (χ0v) is 17.0. The number of carbonyl (C=O) groups excluding carboxylic acids is 2. The van der Waals surface area contributed by atoms with Crippen molar-refractivity contribution in [3.63, 3.8) is 0 Å². The van der Waals surface area contributed by atoms with Gasteiger partial charge in [0.1, 0.15) is 12.2 Å². The molecule has 1 saturated carbocycles. The van der Waals surface area contributed by atoms with E-state index in [1.807, 2.05) is 12.1 Å². The minimum Gasteiger partial charge on any atom is -0.488 e. The molecule has 1 aromatic carbocycles. The molecule has 6 heteroatoms. The topological polar surface area (TPSA) is 76.7 Å². The molecule has 0 atom stereocenters. The number of rotatable bonds is 8. The summed E-state index contributed by atoms with van der Waals surface area (Å²) in [6, 6.07) is 5.89. The molecule has 0 radical (unpaired) electrons. The van der Waals surface area contributed by atoms with Crippen molar-refractivity contribution in [2.75, 3.05) is 19.7 Å². The monoisotopic (exact) mass is 388 g/mol. The Morgan fingerprint density at radius 3 is 2.71 bits per heavy atom. The van der Waals surface area contributed by atoms with E-state index in [0.717, 1.165) is 30.6 Å². The number of nitrogens with one attached hydrogen (secondary N) is 2. The van der Waals surface area contributed by atoms with Crippen LogP contribution in [0.4, 0.5) is 0 Å². The van der Waals surface area contributed by atoms with Crippen LogP contribution < -0.4 is 20.1 Å². The van der Waals surface area contributed by atoms with Crippen LogP contribution >= 0.6 is 0 Å². The van der Waals surface area contributed by atoms with Gasteiger partial charge in [0, 0.05) is 18.4 Å². The third-order valence-corrected chi connectivity index (χ3v) is 5.38. The highest BCUT2D eigenvalue weighted by Crippen LogP contribution is 2.41. The van der Waals surface area contributed by atoms with E-state index in [2.05, 4.69) is 30.5 Å². The van der Waals surface area contributed by atoms with Crippen molar-refractivity contribution in [1.82, 2.24) is 10.6 Å². The molecule has 1 fully saturated rings. The summed E-state index contributed by atoms with van der Waals surface area (Å²) < 4.78 is 11.8. The van der Waals surface area contributed by atoms with Crippen LogP contribution in [0.2, 0.25) is 0 Å². The standard InChI is InChI=1S/C22H32N2O4/c1-22(2)14-17-9-6-10-18(21(17)28-22)27-12-11-23-20(26)15-24-19(25)13-16-7-4-3-5-8-16/h6,9-10,16H,3-5,7-8,11-15H2,1-2H3,(H,23,26)(H,24,25). The van der Waals surface area contributed by atoms with Crippen molar-refractivity contribution in [1.29, 1.82) is 0 Å². The van der Waals surface area contributed by atoms with Crippen molar-refractivity contribution in [3.8, 4) is 11.5 Å². The Hall–Kier alpha value is -2.24. The molecule has 1 aromatic rings. The summed E-state index contributed by atoms with van der Waals surface area (Å²) in [6.07, 6.45) is 7.35. The molecule has 2 aliphatic rings. The van der Waals surface area contributed by atoms with Crippen LogP contribution in [0.15, 0.2) is 18.2 Å². The minimum atomic E-state index is -0.216. The van der Waals surface area contributed by atoms with E-state index in [1.54, 1.807) is 0 Å². The highest BCUT2D eigenvalue weighted by molar-refractivity contribution is 5.84. The second kappa shape index (κ2) is 9.30. The number of amides is 2. The van der Waals surface area contributed by atoms with Gasteiger partial charge < -0.3 is 20.1 Å². The van der Waals surface area contributed by atoms with Gasteiger partial charge >= 0.3 is 0 Å². The van der Waals surface area contributed by atoms with E-state index < -0.39 is 0 Å². The number of hydrogen-bond acceptors (Lipinski definition) is 4. The number of ether oxygens (including phenoxy) is 2. The lowest BCUT2D eigenvalue weighted by Gasteiger charge is -2.20. The van der Waals surface area contributed by atoms with E-state index in [9.17, 15) is 9.59 Å². The number of carbonyl (C=O) groups is 2. The van der Waals surface area contributed by atoms with Crippen LogP contribution in [0.3, 0.4) is 0 Å². The molecule has 0 spiro atoms. The van der Waals surface area contributed by atoms with Crippen molar-refractivity contribution >= 4 is 11.8 Å². The molecule has 0 aromatic heterocycles. The maximum Gasteiger partial charge on any atom is 0.239 e. The largest absolute Gasteiger partial charge is 0.488 e. The van der Waals surface area contributed by atoms with Gasteiger partial charge in [-0.2, -0.15) is 0 Å². The van der Waals surface area contributed by atoms with Crippen LogP contribution in [0, 0.1) is 5.92 Å². The van der Waals surface area contributed by atoms with Gasteiger partial charge in [0.2, 0.25) is 11.8 Å². The third-order valence-electron chi connectivity index (χ3n) is 5.38. The summed E-state index contributed by atoms with van der Waals surface area (Å²) in [7, 11) is 0. The predicted octanol–water partition coefficient (Wildman–Crippen LogP) is 2.98. The molecule has 28 heavy (non-hydrogen) atoms. The minimum absolute atomic E-state index is 0.0174. The van der Waals surface area contributed by atoms with Gasteiger partial charge in [-0.3, -0.25) is 9.59 Å². The van der Waals surface area contributed by atoms with Gasteiger partial charge in [0.25, 0.3) is 0 Å². The SMILES string of the molecule is CC1(C)Cc2cccc(OCCNC(=O)CNC(=O)CC3CCCCC3)c2O1. The van der Waals surface area contributed by atoms with E-state index in [1.165, 1.54) is 19.3 Å². The summed E-state index contributed by atoms with van der Waals surface area (Å²) in [5, 5.41) is 5.50. The summed E-state index contributed by atoms with van der Waals surface area (Å²) in [5.74, 6) is 1.76. The Morgan fingerprint density at radius 2 is 1.93 bits per heavy atom. The number of hydrogen-bond donors (Lipinski definition) is 2. The Morgan fingerprint density at radius 1 is 1.14 bits per heavy atom. The molecule has 154 valence electrons. The maximum atomic E-state index is 12.0. The molecule has 2 amide bonds. The molecule has 1 aliphatic heterocycles. The average molecular weight is 389 g/mol. The van der Waals surface area contributed by atoms with Crippen molar-refractivity contribution in [2.24, 2.45) is 5.92 Å². The summed E-state index contributed by atoms with van der Waals surface area (Å²) in [4.78, 5) is 23.9. The average Bonchev–Trinajstić information content (AvgIpc) is 2.99. The molecule has 0 unspecified atom stereocenters. The number of benzene rings is 1. The summed E-state index contributed by atoms with van der Waals surface area (Å²) in [6.45, 7) is 4.86. The first-order valence-electron chi connectivity index (χ1n) is 10.4. The lowest BCUT2D eigenvalue weighted by Crippen LogP contribution is -2.39. The Bertz CT molecular complexity index is 696.